The molecule has 0 aliphatic rings. The molecule has 0 spiro atoms. The maximum Gasteiger partial charge on any atom is 0.211 e. The van der Waals surface area contributed by atoms with Crippen LogP contribution in [0.2, 0.25) is 0 Å². The van der Waals surface area contributed by atoms with Gasteiger partial charge in [-0.05, 0) is 12.1 Å². The summed E-state index contributed by atoms with van der Waals surface area (Å²) < 4.78 is 0. The Hall–Kier alpha value is -1.99. The fourth-order valence-corrected chi connectivity index (χ4v) is 2.58. The fourth-order valence-electron chi connectivity index (χ4n) is 1.38. The highest BCUT2D eigenvalue weighted by Crippen LogP contribution is 2.25. The van der Waals surface area contributed by atoms with Crippen molar-refractivity contribution in [2.24, 2.45) is 0 Å². The molecule has 2 heterocycles. The highest BCUT2D eigenvalue weighted by atomic mass is 32.2. The van der Waals surface area contributed by atoms with E-state index in [-0.39, 0.29) is 0 Å². The molecule has 0 unspecified atom stereocenters. The van der Waals surface area contributed by atoms with E-state index in [4.69, 9.17) is 0 Å². The van der Waals surface area contributed by atoms with E-state index in [0.717, 1.165) is 9.92 Å². The summed E-state index contributed by atoms with van der Waals surface area (Å²) >= 11 is 3.00. The molecular weight excluding hydrogens is 278 g/mol. The summed E-state index contributed by atoms with van der Waals surface area (Å²) in [5.41, 5.74) is 1.66. The second-order valence-corrected chi connectivity index (χ2v) is 5.45. The van der Waals surface area contributed by atoms with Crippen LogP contribution >= 0.6 is 23.1 Å². The van der Waals surface area contributed by atoms with Crippen molar-refractivity contribution < 1.29 is 0 Å². The summed E-state index contributed by atoms with van der Waals surface area (Å²) in [4.78, 5) is 9.78. The van der Waals surface area contributed by atoms with Crippen molar-refractivity contribution in [3.8, 4) is 0 Å². The molecule has 3 rings (SSSR count). The number of nitrogens with one attached hydrogen (secondary N) is 1. The zero-order valence-electron chi connectivity index (χ0n) is 9.72. The van der Waals surface area contributed by atoms with E-state index in [2.05, 4.69) is 25.5 Å². The Morgan fingerprint density at radius 3 is 2.63 bits per heavy atom. The van der Waals surface area contributed by atoms with E-state index in [9.17, 15) is 0 Å². The normalized spacial score (nSPS) is 10.3. The maximum absolute atomic E-state index is 4.35. The lowest BCUT2D eigenvalue weighted by Gasteiger charge is -2.02. The Balaban J connectivity index is 1.69. The molecule has 0 saturated heterocycles. The van der Waals surface area contributed by atoms with Crippen LogP contribution in [0.3, 0.4) is 0 Å². The highest BCUT2D eigenvalue weighted by molar-refractivity contribution is 7.99. The van der Waals surface area contributed by atoms with Gasteiger partial charge in [0.15, 0.2) is 5.82 Å². The van der Waals surface area contributed by atoms with Crippen LogP contribution in [-0.4, -0.2) is 20.2 Å². The Morgan fingerprint density at radius 1 is 1.05 bits per heavy atom. The predicted molar refractivity (Wildman–Crippen MR) is 75.8 cm³/mol. The van der Waals surface area contributed by atoms with Gasteiger partial charge in [-0.1, -0.05) is 41.3 Å². The van der Waals surface area contributed by atoms with Gasteiger partial charge in [-0.2, -0.15) is 0 Å². The quantitative estimate of drug-likeness (QED) is 0.795. The van der Waals surface area contributed by atoms with Crippen molar-refractivity contribution >= 4 is 34.0 Å². The SMILES string of the molecule is c1ccc(Sc2cnc(Nc3nncs3)cn2)cc1. The van der Waals surface area contributed by atoms with E-state index in [1.54, 1.807) is 29.7 Å². The van der Waals surface area contributed by atoms with Crippen LogP contribution in [-0.2, 0) is 0 Å². The third-order valence-electron chi connectivity index (χ3n) is 2.19. The molecule has 2 aromatic heterocycles. The van der Waals surface area contributed by atoms with Gasteiger partial charge in [-0.15, -0.1) is 10.2 Å². The average Bonchev–Trinajstić information content (AvgIpc) is 2.95. The van der Waals surface area contributed by atoms with E-state index in [1.165, 1.54) is 11.3 Å². The Kier molecular flexibility index (Phi) is 3.66. The first kappa shape index (κ1) is 12.1. The standard InChI is InChI=1S/C12H9N5S2/c1-2-4-9(5-3-1)19-11-7-13-10(6-14-11)16-12-17-15-8-18-12/h1-8H,(H,13,16,17). The molecule has 0 aliphatic heterocycles. The van der Waals surface area contributed by atoms with Gasteiger partial charge in [0.05, 0.1) is 12.4 Å². The lowest BCUT2D eigenvalue weighted by Crippen LogP contribution is -1.94. The molecule has 0 saturated carbocycles. The van der Waals surface area contributed by atoms with Crippen LogP contribution in [0.1, 0.15) is 0 Å². The largest absolute Gasteiger partial charge is 0.313 e. The van der Waals surface area contributed by atoms with Crippen molar-refractivity contribution in [2.75, 3.05) is 5.32 Å². The van der Waals surface area contributed by atoms with Gasteiger partial charge in [0.2, 0.25) is 5.13 Å². The van der Waals surface area contributed by atoms with E-state index < -0.39 is 0 Å². The Labute approximate surface area is 118 Å². The van der Waals surface area contributed by atoms with Gasteiger partial charge in [0.1, 0.15) is 10.5 Å². The van der Waals surface area contributed by atoms with Crippen LogP contribution in [0.5, 0.6) is 0 Å². The number of hydrogen-bond donors (Lipinski definition) is 1. The third kappa shape index (κ3) is 3.27. The van der Waals surface area contributed by atoms with Gasteiger partial charge in [-0.25, -0.2) is 9.97 Å². The first-order valence-corrected chi connectivity index (χ1v) is 7.18. The molecule has 1 aromatic carbocycles. The van der Waals surface area contributed by atoms with Crippen LogP contribution in [0.15, 0.2) is 58.2 Å². The van der Waals surface area contributed by atoms with Crippen LogP contribution < -0.4 is 5.32 Å². The minimum atomic E-state index is 0.661. The minimum absolute atomic E-state index is 0.661. The molecule has 0 radical (unpaired) electrons. The third-order valence-corrected chi connectivity index (χ3v) is 3.72. The lowest BCUT2D eigenvalue weighted by atomic mass is 10.4. The van der Waals surface area contributed by atoms with Crippen LogP contribution in [0.25, 0.3) is 0 Å². The molecule has 3 aromatic rings. The summed E-state index contributed by atoms with van der Waals surface area (Å²) in [5.74, 6) is 0.661. The van der Waals surface area contributed by atoms with Gasteiger partial charge in [0.25, 0.3) is 0 Å². The number of hydrogen-bond acceptors (Lipinski definition) is 7. The highest BCUT2D eigenvalue weighted by Gasteiger charge is 2.02. The van der Waals surface area contributed by atoms with Gasteiger partial charge in [0, 0.05) is 4.90 Å². The van der Waals surface area contributed by atoms with Gasteiger partial charge >= 0.3 is 0 Å². The summed E-state index contributed by atoms with van der Waals surface area (Å²) in [6.45, 7) is 0. The minimum Gasteiger partial charge on any atom is -0.313 e. The van der Waals surface area contributed by atoms with Gasteiger partial charge < -0.3 is 5.32 Å². The second kappa shape index (κ2) is 5.77. The Bertz CT molecular complexity index is 625. The first-order chi connectivity index (χ1) is 9.40. The van der Waals surface area contributed by atoms with Crippen molar-refractivity contribution in [2.45, 2.75) is 9.92 Å². The van der Waals surface area contributed by atoms with Crippen molar-refractivity contribution in [3.05, 3.63) is 48.2 Å². The van der Waals surface area contributed by atoms with Gasteiger partial charge in [-0.3, -0.25) is 0 Å². The summed E-state index contributed by atoms with van der Waals surface area (Å²) in [6.07, 6.45) is 3.42. The molecule has 0 atom stereocenters. The number of nitrogens with zero attached hydrogens (tertiary/aromatic N) is 4. The first-order valence-electron chi connectivity index (χ1n) is 5.48. The van der Waals surface area contributed by atoms with Crippen LogP contribution in [0, 0.1) is 0 Å². The van der Waals surface area contributed by atoms with E-state index in [0.29, 0.717) is 10.9 Å². The number of benzene rings is 1. The zero-order chi connectivity index (χ0) is 12.9. The molecule has 7 heteroatoms. The zero-order valence-corrected chi connectivity index (χ0v) is 11.4. The summed E-state index contributed by atoms with van der Waals surface area (Å²) in [5, 5.41) is 12.2. The molecule has 19 heavy (non-hydrogen) atoms. The summed E-state index contributed by atoms with van der Waals surface area (Å²) in [7, 11) is 0. The van der Waals surface area contributed by atoms with E-state index >= 15 is 0 Å². The summed E-state index contributed by atoms with van der Waals surface area (Å²) in [6, 6.07) is 10.1. The average molecular weight is 287 g/mol. The molecule has 5 nitrogen and oxygen atoms in total. The predicted octanol–water partition coefficient (Wildman–Crippen LogP) is 3.22. The molecule has 0 amide bonds. The second-order valence-electron chi connectivity index (χ2n) is 3.52. The van der Waals surface area contributed by atoms with Crippen molar-refractivity contribution in [1.82, 2.24) is 20.2 Å². The molecule has 0 aliphatic carbocycles. The van der Waals surface area contributed by atoms with E-state index in [1.807, 2.05) is 30.3 Å². The number of anilines is 2. The molecule has 0 bridgehead atoms. The topological polar surface area (TPSA) is 63.6 Å². The molecular formula is C12H9N5S2. The van der Waals surface area contributed by atoms with Crippen LogP contribution in [0.4, 0.5) is 10.9 Å². The smallest absolute Gasteiger partial charge is 0.211 e. The van der Waals surface area contributed by atoms with Crippen molar-refractivity contribution in [1.29, 1.82) is 0 Å². The number of rotatable bonds is 4. The monoisotopic (exact) mass is 287 g/mol. The fraction of sp³-hybridized carbons (Fsp3) is 0. The Morgan fingerprint density at radius 2 is 1.95 bits per heavy atom. The molecule has 94 valence electrons. The number of aromatic nitrogens is 4. The maximum atomic E-state index is 4.35. The molecule has 0 fully saturated rings. The molecule has 1 N–H and O–H groups in total. The van der Waals surface area contributed by atoms with Crippen molar-refractivity contribution in [3.63, 3.8) is 0 Å². The lowest BCUT2D eigenvalue weighted by molar-refractivity contribution is 1.05.